The molecule has 0 saturated heterocycles. The van der Waals surface area contributed by atoms with Crippen molar-refractivity contribution in [2.75, 3.05) is 12.8 Å². The zero-order valence-electron chi connectivity index (χ0n) is 9.83. The molecule has 5 heteroatoms. The van der Waals surface area contributed by atoms with Gasteiger partial charge in [0.05, 0.1) is 16.7 Å². The average molecular weight is 244 g/mol. The number of aromatic nitrogens is 1. The van der Waals surface area contributed by atoms with Crippen LogP contribution in [0, 0.1) is 0 Å². The summed E-state index contributed by atoms with van der Waals surface area (Å²) in [5, 5.41) is 0.522. The SMILES string of the molecule is CCC(C)(OC)C(N)c1cc(Cl)cnc1N. The number of hydrogen-bond donors (Lipinski definition) is 2. The van der Waals surface area contributed by atoms with Crippen molar-refractivity contribution >= 4 is 17.4 Å². The highest BCUT2D eigenvalue weighted by Gasteiger charge is 2.32. The summed E-state index contributed by atoms with van der Waals surface area (Å²) >= 11 is 5.88. The van der Waals surface area contributed by atoms with Gasteiger partial charge >= 0.3 is 0 Å². The van der Waals surface area contributed by atoms with Crippen LogP contribution in [0.4, 0.5) is 5.82 Å². The first-order valence-corrected chi connectivity index (χ1v) is 5.54. The number of hydrogen-bond acceptors (Lipinski definition) is 4. The van der Waals surface area contributed by atoms with Gasteiger partial charge in [-0.1, -0.05) is 18.5 Å². The summed E-state index contributed by atoms with van der Waals surface area (Å²) < 4.78 is 5.45. The number of rotatable bonds is 4. The van der Waals surface area contributed by atoms with E-state index in [0.29, 0.717) is 10.8 Å². The average Bonchev–Trinajstić information content (AvgIpc) is 2.30. The van der Waals surface area contributed by atoms with Gasteiger partial charge in [0.25, 0.3) is 0 Å². The van der Waals surface area contributed by atoms with Gasteiger partial charge in [-0.2, -0.15) is 0 Å². The van der Waals surface area contributed by atoms with Gasteiger partial charge in [0.2, 0.25) is 0 Å². The molecule has 0 aliphatic heterocycles. The molecular formula is C11H18ClN3O. The lowest BCUT2D eigenvalue weighted by atomic mass is 9.88. The first kappa shape index (κ1) is 13.2. The Morgan fingerprint density at radius 3 is 2.75 bits per heavy atom. The van der Waals surface area contributed by atoms with E-state index in [1.807, 2.05) is 13.8 Å². The zero-order chi connectivity index (χ0) is 12.3. The van der Waals surface area contributed by atoms with Gasteiger partial charge in [-0.3, -0.25) is 0 Å². The van der Waals surface area contributed by atoms with Crippen LogP contribution >= 0.6 is 11.6 Å². The number of ether oxygens (including phenoxy) is 1. The largest absolute Gasteiger partial charge is 0.383 e. The normalized spacial score (nSPS) is 16.8. The molecule has 4 nitrogen and oxygen atoms in total. The first-order chi connectivity index (χ1) is 7.44. The lowest BCUT2D eigenvalue weighted by molar-refractivity contribution is -0.0193. The molecule has 1 rings (SSSR count). The number of nitrogens with zero attached hydrogens (tertiary/aromatic N) is 1. The van der Waals surface area contributed by atoms with Crippen molar-refractivity contribution in [3.63, 3.8) is 0 Å². The molecule has 2 unspecified atom stereocenters. The van der Waals surface area contributed by atoms with Crippen LogP contribution in [-0.4, -0.2) is 17.7 Å². The highest BCUT2D eigenvalue weighted by atomic mass is 35.5. The van der Waals surface area contributed by atoms with Gasteiger partial charge in [0.15, 0.2) is 0 Å². The molecular weight excluding hydrogens is 226 g/mol. The molecule has 0 amide bonds. The van der Waals surface area contributed by atoms with E-state index >= 15 is 0 Å². The second-order valence-corrected chi connectivity index (χ2v) is 4.41. The van der Waals surface area contributed by atoms with E-state index in [4.69, 9.17) is 27.8 Å². The van der Waals surface area contributed by atoms with Crippen LogP contribution in [0.15, 0.2) is 12.3 Å². The van der Waals surface area contributed by atoms with Crippen LogP contribution in [0.25, 0.3) is 0 Å². The quantitative estimate of drug-likeness (QED) is 0.850. The standard InChI is InChI=1S/C11H18ClN3O/c1-4-11(2,16-3)9(13)8-5-7(12)6-15-10(8)14/h5-6,9H,4,13H2,1-3H3,(H2,14,15). The van der Waals surface area contributed by atoms with Crippen molar-refractivity contribution in [1.29, 1.82) is 0 Å². The fourth-order valence-electron chi connectivity index (χ4n) is 1.53. The third-order valence-electron chi connectivity index (χ3n) is 3.08. The predicted molar refractivity (Wildman–Crippen MR) is 66.3 cm³/mol. The zero-order valence-corrected chi connectivity index (χ0v) is 10.6. The fraction of sp³-hybridized carbons (Fsp3) is 0.545. The molecule has 0 aliphatic rings. The lowest BCUT2D eigenvalue weighted by Crippen LogP contribution is -2.40. The number of nitrogens with two attached hydrogens (primary N) is 2. The molecule has 2 atom stereocenters. The van der Waals surface area contributed by atoms with E-state index in [-0.39, 0.29) is 6.04 Å². The Morgan fingerprint density at radius 2 is 2.25 bits per heavy atom. The van der Waals surface area contributed by atoms with Gasteiger partial charge in [-0.25, -0.2) is 4.98 Å². The van der Waals surface area contributed by atoms with E-state index in [1.54, 1.807) is 13.2 Å². The second-order valence-electron chi connectivity index (χ2n) is 3.98. The molecule has 0 saturated carbocycles. The number of anilines is 1. The molecule has 90 valence electrons. The molecule has 0 spiro atoms. The van der Waals surface area contributed by atoms with E-state index < -0.39 is 5.60 Å². The maximum absolute atomic E-state index is 6.16. The fourth-order valence-corrected chi connectivity index (χ4v) is 1.70. The predicted octanol–water partition coefficient (Wildman–Crippen LogP) is 2.13. The Morgan fingerprint density at radius 1 is 1.62 bits per heavy atom. The smallest absolute Gasteiger partial charge is 0.128 e. The van der Waals surface area contributed by atoms with Crippen LogP contribution in [0.2, 0.25) is 5.02 Å². The molecule has 1 heterocycles. The minimum atomic E-state index is -0.472. The van der Waals surface area contributed by atoms with E-state index in [9.17, 15) is 0 Å². The molecule has 1 aromatic heterocycles. The first-order valence-electron chi connectivity index (χ1n) is 5.16. The van der Waals surface area contributed by atoms with Crippen molar-refractivity contribution in [1.82, 2.24) is 4.98 Å². The van der Waals surface area contributed by atoms with Crippen LogP contribution in [0.1, 0.15) is 31.9 Å². The monoisotopic (exact) mass is 243 g/mol. The summed E-state index contributed by atoms with van der Waals surface area (Å²) in [5.74, 6) is 0.397. The van der Waals surface area contributed by atoms with Crippen LogP contribution < -0.4 is 11.5 Å². The van der Waals surface area contributed by atoms with Crippen molar-refractivity contribution in [2.45, 2.75) is 31.9 Å². The van der Waals surface area contributed by atoms with Crippen LogP contribution in [-0.2, 0) is 4.74 Å². The number of halogens is 1. The number of pyridine rings is 1. The molecule has 4 N–H and O–H groups in total. The van der Waals surface area contributed by atoms with Crippen LogP contribution in [0.5, 0.6) is 0 Å². The van der Waals surface area contributed by atoms with Gasteiger partial charge in [-0.15, -0.1) is 0 Å². The summed E-state index contributed by atoms with van der Waals surface area (Å²) in [6.45, 7) is 3.95. The third kappa shape index (κ3) is 2.45. The summed E-state index contributed by atoms with van der Waals surface area (Å²) in [6.07, 6.45) is 2.28. The molecule has 0 aliphatic carbocycles. The molecule has 16 heavy (non-hydrogen) atoms. The van der Waals surface area contributed by atoms with Gasteiger partial charge in [-0.05, 0) is 19.4 Å². The highest BCUT2D eigenvalue weighted by Crippen LogP contribution is 2.32. The van der Waals surface area contributed by atoms with E-state index in [1.165, 1.54) is 6.20 Å². The Bertz CT molecular complexity index is 366. The molecule has 0 aromatic carbocycles. The molecule has 0 bridgehead atoms. The Hall–Kier alpha value is -0.840. The summed E-state index contributed by atoms with van der Waals surface area (Å²) in [5.41, 5.74) is 12.2. The van der Waals surface area contributed by atoms with E-state index in [0.717, 1.165) is 12.0 Å². The molecule has 0 fully saturated rings. The topological polar surface area (TPSA) is 74.2 Å². The van der Waals surface area contributed by atoms with Crippen LogP contribution in [0.3, 0.4) is 0 Å². The summed E-state index contributed by atoms with van der Waals surface area (Å²) in [6, 6.07) is 1.38. The minimum Gasteiger partial charge on any atom is -0.383 e. The highest BCUT2D eigenvalue weighted by molar-refractivity contribution is 6.30. The molecule has 1 aromatic rings. The van der Waals surface area contributed by atoms with Crippen molar-refractivity contribution < 1.29 is 4.74 Å². The minimum absolute atomic E-state index is 0.353. The number of nitrogen functional groups attached to an aromatic ring is 1. The Labute approximate surface area is 101 Å². The van der Waals surface area contributed by atoms with E-state index in [2.05, 4.69) is 4.98 Å². The van der Waals surface area contributed by atoms with Gasteiger partial charge < -0.3 is 16.2 Å². The van der Waals surface area contributed by atoms with Crippen molar-refractivity contribution in [3.05, 3.63) is 22.8 Å². The maximum Gasteiger partial charge on any atom is 0.128 e. The van der Waals surface area contributed by atoms with Crippen molar-refractivity contribution in [3.8, 4) is 0 Å². The summed E-state index contributed by atoms with van der Waals surface area (Å²) in [7, 11) is 1.64. The van der Waals surface area contributed by atoms with Crippen molar-refractivity contribution in [2.24, 2.45) is 5.73 Å². The van der Waals surface area contributed by atoms with Gasteiger partial charge in [0, 0.05) is 18.9 Å². The van der Waals surface area contributed by atoms with Gasteiger partial charge in [0.1, 0.15) is 5.82 Å². The summed E-state index contributed by atoms with van der Waals surface area (Å²) in [4.78, 5) is 3.99. The third-order valence-corrected chi connectivity index (χ3v) is 3.28. The molecule has 0 radical (unpaired) electrons. The Kier molecular flexibility index (Phi) is 4.13. The lowest BCUT2D eigenvalue weighted by Gasteiger charge is -2.33. The number of methoxy groups -OCH3 is 1. The Balaban J connectivity index is 3.12. The maximum atomic E-state index is 6.16. The second kappa shape index (κ2) is 4.99.